The molecule has 2 aromatic rings. The number of aromatic nitrogens is 1. The van der Waals surface area contributed by atoms with Gasteiger partial charge < -0.3 is 4.74 Å². The van der Waals surface area contributed by atoms with Crippen molar-refractivity contribution in [3.63, 3.8) is 0 Å². The highest BCUT2D eigenvalue weighted by molar-refractivity contribution is 5.38. The highest BCUT2D eigenvalue weighted by atomic mass is 16.5. The van der Waals surface area contributed by atoms with E-state index in [2.05, 4.69) is 40.2 Å². The molecule has 1 aromatic heterocycles. The fourth-order valence-corrected chi connectivity index (χ4v) is 4.30. The predicted octanol–water partition coefficient (Wildman–Crippen LogP) is 4.57. The van der Waals surface area contributed by atoms with Gasteiger partial charge in [0.1, 0.15) is 5.75 Å². The molecule has 1 aliphatic heterocycles. The second-order valence-corrected chi connectivity index (χ2v) is 7.32. The van der Waals surface area contributed by atoms with Gasteiger partial charge in [-0.3, -0.25) is 9.88 Å². The molecule has 132 valence electrons. The maximum atomic E-state index is 6.02. The standard InChI is InChI=1S/C22H28N2O/c1-2-13-24(22(9-1)20-8-4-12-23-17-20)14-5-15-25-21-11-10-18-6-3-7-19(18)16-21/h4,8,10-12,16-17,22H,1-3,5-7,9,13-15H2/t22-/m0/s1. The second kappa shape index (κ2) is 8.01. The maximum absolute atomic E-state index is 6.02. The molecule has 1 atom stereocenters. The zero-order valence-electron chi connectivity index (χ0n) is 15.0. The van der Waals surface area contributed by atoms with E-state index in [0.29, 0.717) is 6.04 Å². The summed E-state index contributed by atoms with van der Waals surface area (Å²) in [6, 6.07) is 11.4. The Hall–Kier alpha value is -1.87. The van der Waals surface area contributed by atoms with Crippen LogP contribution in [0.15, 0.2) is 42.7 Å². The third-order valence-corrected chi connectivity index (χ3v) is 5.61. The van der Waals surface area contributed by atoms with Crippen molar-refractivity contribution in [2.75, 3.05) is 19.7 Å². The van der Waals surface area contributed by atoms with Gasteiger partial charge in [0.25, 0.3) is 0 Å². The Balaban J connectivity index is 1.28. The van der Waals surface area contributed by atoms with Crippen molar-refractivity contribution >= 4 is 0 Å². The maximum Gasteiger partial charge on any atom is 0.119 e. The molecule has 2 heterocycles. The summed E-state index contributed by atoms with van der Waals surface area (Å²) < 4.78 is 6.02. The van der Waals surface area contributed by atoms with Gasteiger partial charge in [-0.2, -0.15) is 0 Å². The van der Waals surface area contributed by atoms with Crippen molar-refractivity contribution in [2.24, 2.45) is 0 Å². The van der Waals surface area contributed by atoms with Gasteiger partial charge in [0.2, 0.25) is 0 Å². The van der Waals surface area contributed by atoms with Gasteiger partial charge in [0.05, 0.1) is 6.61 Å². The minimum atomic E-state index is 0.530. The van der Waals surface area contributed by atoms with Crippen LogP contribution in [0, 0.1) is 0 Å². The summed E-state index contributed by atoms with van der Waals surface area (Å²) in [6.45, 7) is 3.10. The molecule has 25 heavy (non-hydrogen) atoms. The van der Waals surface area contributed by atoms with E-state index >= 15 is 0 Å². The van der Waals surface area contributed by atoms with Crippen molar-refractivity contribution in [3.8, 4) is 5.75 Å². The van der Waals surface area contributed by atoms with E-state index in [1.54, 1.807) is 0 Å². The molecule has 0 radical (unpaired) electrons. The SMILES string of the molecule is c1cncc([C@@H]2CCCCN2CCCOc2ccc3c(c2)CCC3)c1. The molecule has 3 heteroatoms. The number of rotatable bonds is 6. The molecule has 0 spiro atoms. The summed E-state index contributed by atoms with van der Waals surface area (Å²) >= 11 is 0. The number of hydrogen-bond donors (Lipinski definition) is 0. The Morgan fingerprint density at radius 3 is 2.96 bits per heavy atom. The zero-order valence-corrected chi connectivity index (χ0v) is 15.0. The summed E-state index contributed by atoms with van der Waals surface area (Å²) in [5.74, 6) is 1.04. The molecule has 2 aliphatic rings. The summed E-state index contributed by atoms with van der Waals surface area (Å²) in [5, 5.41) is 0. The third kappa shape index (κ3) is 4.04. The smallest absolute Gasteiger partial charge is 0.119 e. The zero-order chi connectivity index (χ0) is 16.9. The number of pyridine rings is 1. The van der Waals surface area contributed by atoms with E-state index in [0.717, 1.165) is 25.3 Å². The van der Waals surface area contributed by atoms with Crippen LogP contribution in [-0.4, -0.2) is 29.6 Å². The minimum Gasteiger partial charge on any atom is -0.494 e. The van der Waals surface area contributed by atoms with E-state index in [9.17, 15) is 0 Å². The minimum absolute atomic E-state index is 0.530. The van der Waals surface area contributed by atoms with Gasteiger partial charge in [-0.05, 0) is 80.0 Å². The van der Waals surface area contributed by atoms with Gasteiger partial charge >= 0.3 is 0 Å². The molecule has 0 unspecified atom stereocenters. The van der Waals surface area contributed by atoms with Gasteiger partial charge in [0.15, 0.2) is 0 Å². The van der Waals surface area contributed by atoms with E-state index in [1.165, 1.54) is 61.8 Å². The number of aryl methyl sites for hydroxylation is 2. The van der Waals surface area contributed by atoms with Crippen LogP contribution in [0.1, 0.15) is 54.8 Å². The van der Waals surface area contributed by atoms with Gasteiger partial charge in [-0.25, -0.2) is 0 Å². The molecule has 4 rings (SSSR count). The number of fused-ring (bicyclic) bond motifs is 1. The molecule has 3 nitrogen and oxygen atoms in total. The van der Waals surface area contributed by atoms with Crippen LogP contribution in [0.2, 0.25) is 0 Å². The number of likely N-dealkylation sites (tertiary alicyclic amines) is 1. The van der Waals surface area contributed by atoms with Crippen LogP contribution >= 0.6 is 0 Å². The first-order valence-electron chi connectivity index (χ1n) is 9.79. The molecule has 0 saturated carbocycles. The molecule has 0 amide bonds. The summed E-state index contributed by atoms with van der Waals surface area (Å²) in [7, 11) is 0. The topological polar surface area (TPSA) is 25.4 Å². The highest BCUT2D eigenvalue weighted by Gasteiger charge is 2.23. The Morgan fingerprint density at radius 2 is 2.04 bits per heavy atom. The number of ether oxygens (including phenoxy) is 1. The molecular weight excluding hydrogens is 308 g/mol. The first-order chi connectivity index (χ1) is 12.4. The lowest BCUT2D eigenvalue weighted by molar-refractivity contribution is 0.137. The summed E-state index contributed by atoms with van der Waals surface area (Å²) in [6.07, 6.45) is 12.6. The van der Waals surface area contributed by atoms with Gasteiger partial charge in [-0.15, -0.1) is 0 Å². The normalized spacial score (nSPS) is 20.4. The molecule has 1 saturated heterocycles. The Labute approximate surface area is 151 Å². The lowest BCUT2D eigenvalue weighted by Crippen LogP contribution is -2.34. The fraction of sp³-hybridized carbons (Fsp3) is 0.500. The van der Waals surface area contributed by atoms with Gasteiger partial charge in [-0.1, -0.05) is 18.6 Å². The average Bonchev–Trinajstić information content (AvgIpc) is 3.14. The monoisotopic (exact) mass is 336 g/mol. The molecular formula is C22H28N2O. The van der Waals surface area contributed by atoms with E-state index in [4.69, 9.17) is 4.74 Å². The lowest BCUT2D eigenvalue weighted by Gasteiger charge is -2.35. The fourth-order valence-electron chi connectivity index (χ4n) is 4.30. The number of benzene rings is 1. The molecule has 1 aromatic carbocycles. The predicted molar refractivity (Wildman–Crippen MR) is 101 cm³/mol. The average molecular weight is 336 g/mol. The van der Waals surface area contributed by atoms with E-state index < -0.39 is 0 Å². The van der Waals surface area contributed by atoms with Crippen LogP contribution in [0.3, 0.4) is 0 Å². The largest absolute Gasteiger partial charge is 0.494 e. The van der Waals surface area contributed by atoms with Crippen molar-refractivity contribution in [2.45, 2.75) is 51.0 Å². The van der Waals surface area contributed by atoms with E-state index in [-0.39, 0.29) is 0 Å². The third-order valence-electron chi connectivity index (χ3n) is 5.61. The number of piperidine rings is 1. The van der Waals surface area contributed by atoms with E-state index in [1.807, 2.05) is 12.4 Å². The molecule has 1 fully saturated rings. The molecule has 1 aliphatic carbocycles. The van der Waals surface area contributed by atoms with Crippen LogP contribution in [-0.2, 0) is 12.8 Å². The lowest BCUT2D eigenvalue weighted by atomic mass is 9.96. The second-order valence-electron chi connectivity index (χ2n) is 7.32. The van der Waals surface area contributed by atoms with Crippen molar-refractivity contribution in [1.82, 2.24) is 9.88 Å². The Bertz CT molecular complexity index is 686. The number of nitrogens with zero attached hydrogens (tertiary/aromatic N) is 2. The Morgan fingerprint density at radius 1 is 1.08 bits per heavy atom. The first-order valence-corrected chi connectivity index (χ1v) is 9.79. The molecule has 0 N–H and O–H groups in total. The summed E-state index contributed by atoms with van der Waals surface area (Å²) in [5.41, 5.74) is 4.37. The van der Waals surface area contributed by atoms with Crippen LogP contribution in [0.25, 0.3) is 0 Å². The number of hydrogen-bond acceptors (Lipinski definition) is 3. The van der Waals surface area contributed by atoms with Crippen LogP contribution in [0.5, 0.6) is 5.75 Å². The molecule has 0 bridgehead atoms. The van der Waals surface area contributed by atoms with Crippen molar-refractivity contribution in [3.05, 3.63) is 59.4 Å². The Kier molecular flexibility index (Phi) is 5.31. The van der Waals surface area contributed by atoms with Crippen molar-refractivity contribution in [1.29, 1.82) is 0 Å². The van der Waals surface area contributed by atoms with Crippen LogP contribution < -0.4 is 4.74 Å². The van der Waals surface area contributed by atoms with Gasteiger partial charge in [0, 0.05) is 25.0 Å². The summed E-state index contributed by atoms with van der Waals surface area (Å²) in [4.78, 5) is 6.93. The highest BCUT2D eigenvalue weighted by Crippen LogP contribution is 2.30. The van der Waals surface area contributed by atoms with Crippen molar-refractivity contribution < 1.29 is 4.74 Å². The first kappa shape index (κ1) is 16.6. The van der Waals surface area contributed by atoms with Crippen LogP contribution in [0.4, 0.5) is 0 Å². The quantitative estimate of drug-likeness (QED) is 0.723.